The number of rotatable bonds is 1. The average molecular weight is 518 g/mol. The van der Waals surface area contributed by atoms with E-state index in [2.05, 4.69) is 63.4 Å². The topological polar surface area (TPSA) is 0 Å². The van der Waals surface area contributed by atoms with Crippen LogP contribution in [0.2, 0.25) is 0 Å². The molecule has 0 aromatic rings. The van der Waals surface area contributed by atoms with Gasteiger partial charge in [0.2, 0.25) is 0 Å². The Morgan fingerprint density at radius 3 is 1.60 bits per heavy atom. The molecule has 5 heavy (non-hydrogen) atoms. The van der Waals surface area contributed by atoms with Gasteiger partial charge < -0.3 is 0 Å². The molecular formula is BI4-. The molecule has 0 bridgehead atoms. The summed E-state index contributed by atoms with van der Waals surface area (Å²) in [4.78, 5) is 0. The van der Waals surface area contributed by atoms with Crippen LogP contribution in [0.25, 0.3) is 0 Å². The van der Waals surface area contributed by atoms with Gasteiger partial charge in [-0.3, -0.25) is 0 Å². The fourth-order valence-corrected chi connectivity index (χ4v) is 0. The van der Waals surface area contributed by atoms with Crippen LogP contribution in [-0.4, -0.2) is 0.282 Å². The zero-order valence-corrected chi connectivity index (χ0v) is 10.7. The van der Waals surface area contributed by atoms with Crippen molar-refractivity contribution in [2.75, 3.05) is 0 Å². The third kappa shape index (κ3) is 6.98. The SMILES string of the molecule is I[I-]B(I)I. The Bertz CT molecular complexity index is 17.6. The van der Waals surface area contributed by atoms with Crippen molar-refractivity contribution in [2.24, 2.45) is 0 Å². The predicted octanol–water partition coefficient (Wildman–Crippen LogP) is -0.720. The van der Waals surface area contributed by atoms with Crippen LogP contribution >= 0.6 is 63.4 Å². The van der Waals surface area contributed by atoms with E-state index in [1.165, 1.54) is 0 Å². The van der Waals surface area contributed by atoms with Gasteiger partial charge in [0.15, 0.2) is 0 Å². The molecule has 5 heteroatoms. The fraction of sp³-hybridized carbons (Fsp3) is 0. The number of hydrogen-bond acceptors (Lipinski definition) is 0. The van der Waals surface area contributed by atoms with Gasteiger partial charge in [-0.2, -0.15) is 0 Å². The summed E-state index contributed by atoms with van der Waals surface area (Å²) in [7, 11) is 0. The van der Waals surface area contributed by atoms with E-state index < -0.39 is 0 Å². The molecule has 0 heterocycles. The van der Waals surface area contributed by atoms with Crippen LogP contribution in [0.5, 0.6) is 0 Å². The molecule has 0 amide bonds. The van der Waals surface area contributed by atoms with Gasteiger partial charge in [-0.1, -0.05) is 0 Å². The number of hydrogen-bond donors (Lipinski definition) is 0. The minimum absolute atomic E-state index is 0.491. The van der Waals surface area contributed by atoms with E-state index in [0.29, 0.717) is 17.0 Å². The second kappa shape index (κ2) is 5.13. The van der Waals surface area contributed by atoms with Crippen LogP contribution in [-0.2, 0) is 0 Å². The van der Waals surface area contributed by atoms with Crippen molar-refractivity contribution in [1.29, 1.82) is 0 Å². The maximum atomic E-state index is 2.47. The van der Waals surface area contributed by atoms with Crippen LogP contribution in [0.4, 0.5) is 0 Å². The molecule has 0 nitrogen and oxygen atoms in total. The molecular weight excluding hydrogens is 518 g/mol. The van der Waals surface area contributed by atoms with E-state index in [1.807, 2.05) is 0 Å². The van der Waals surface area contributed by atoms with Crippen molar-refractivity contribution in [3.63, 3.8) is 0 Å². The summed E-state index contributed by atoms with van der Waals surface area (Å²) in [5, 5.41) is 0. The zero-order valence-electron chi connectivity index (χ0n) is 2.09. The van der Waals surface area contributed by atoms with Gasteiger partial charge in [-0.25, -0.2) is 0 Å². The summed E-state index contributed by atoms with van der Waals surface area (Å²) in [5.74, 6) is 0. The first-order chi connectivity index (χ1) is 2.27. The van der Waals surface area contributed by atoms with Gasteiger partial charge in [0.05, 0.1) is 0 Å². The molecule has 0 atom stereocenters. The van der Waals surface area contributed by atoms with Gasteiger partial charge in [0, 0.05) is 0 Å². The summed E-state index contributed by atoms with van der Waals surface area (Å²) in [6.07, 6.45) is 0. The van der Waals surface area contributed by atoms with E-state index in [1.54, 1.807) is 0 Å². The second-order valence-corrected chi connectivity index (χ2v) is 14.8. The van der Waals surface area contributed by atoms with E-state index in [0.717, 1.165) is 0.282 Å². The van der Waals surface area contributed by atoms with Crippen molar-refractivity contribution in [3.8, 4) is 0 Å². The van der Waals surface area contributed by atoms with Crippen molar-refractivity contribution in [1.82, 2.24) is 0 Å². The van der Waals surface area contributed by atoms with Crippen molar-refractivity contribution in [3.05, 3.63) is 0 Å². The van der Waals surface area contributed by atoms with E-state index in [9.17, 15) is 0 Å². The molecule has 32 valence electrons. The van der Waals surface area contributed by atoms with Crippen LogP contribution in [0.3, 0.4) is 0 Å². The fourth-order valence-electron chi connectivity index (χ4n) is 0. The van der Waals surface area contributed by atoms with Crippen molar-refractivity contribution in [2.45, 2.75) is 0 Å². The summed E-state index contributed by atoms with van der Waals surface area (Å²) in [5.41, 5.74) is 0. The molecule has 0 aromatic heterocycles. The van der Waals surface area contributed by atoms with Crippen LogP contribution in [0.15, 0.2) is 0 Å². The van der Waals surface area contributed by atoms with Crippen LogP contribution in [0, 0.1) is 0 Å². The normalized spacial score (nSPS) is 8.60. The molecule has 0 aliphatic carbocycles. The average Bonchev–Trinajstić information content (AvgIpc) is 1.38. The molecule has 0 radical (unpaired) electrons. The number of halogens is 4. The third-order valence-electron chi connectivity index (χ3n) is 0.0623. The molecule has 0 spiro atoms. The third-order valence-corrected chi connectivity index (χ3v) is 18.8. The monoisotopic (exact) mass is 519 g/mol. The van der Waals surface area contributed by atoms with Gasteiger partial charge in [-0.15, -0.1) is 0 Å². The van der Waals surface area contributed by atoms with E-state index in [4.69, 9.17) is 0 Å². The Morgan fingerprint density at radius 1 is 1.40 bits per heavy atom. The van der Waals surface area contributed by atoms with Crippen molar-refractivity contribution < 1.29 is 17.0 Å². The molecule has 0 aliphatic heterocycles. The Hall–Kier alpha value is 2.98. The molecule has 0 saturated heterocycles. The van der Waals surface area contributed by atoms with Gasteiger partial charge in [0.25, 0.3) is 0 Å². The first-order valence-electron chi connectivity index (χ1n) is 0.798. The summed E-state index contributed by atoms with van der Waals surface area (Å²) in [6.45, 7) is 0. The Labute approximate surface area is 78.6 Å². The molecule has 0 unspecified atom stereocenters. The van der Waals surface area contributed by atoms with E-state index in [-0.39, 0.29) is 0 Å². The molecule has 0 saturated carbocycles. The molecule has 0 aliphatic rings. The molecule has 0 rings (SSSR count). The van der Waals surface area contributed by atoms with E-state index >= 15 is 0 Å². The summed E-state index contributed by atoms with van der Waals surface area (Å²) < 4.78 is 0.921. The summed E-state index contributed by atoms with van der Waals surface area (Å²) >= 11 is 7.83. The minimum atomic E-state index is 0.491. The van der Waals surface area contributed by atoms with Crippen LogP contribution in [0.1, 0.15) is 0 Å². The van der Waals surface area contributed by atoms with Gasteiger partial charge in [0.1, 0.15) is 0 Å². The first-order valence-corrected chi connectivity index (χ1v) is 10.8. The summed E-state index contributed by atoms with van der Waals surface area (Å²) in [6, 6.07) is 0. The first kappa shape index (κ1) is 7.98. The van der Waals surface area contributed by atoms with Crippen molar-refractivity contribution >= 4 is 63.6 Å². The van der Waals surface area contributed by atoms with Crippen LogP contribution < -0.4 is 17.0 Å². The standard InChI is InChI=1S/BI4/c2-1(3)5-4/q-1. The Balaban J connectivity index is 2.54. The molecule has 0 aromatic carbocycles. The maximum absolute atomic E-state index is 2.47. The molecule has 0 N–H and O–H groups in total. The predicted molar refractivity (Wildman–Crippen MR) is 47.8 cm³/mol. The second-order valence-electron chi connectivity index (χ2n) is 0.330. The quantitative estimate of drug-likeness (QED) is 0.318. The zero-order chi connectivity index (χ0) is 4.28. The molecule has 0 fully saturated rings. The van der Waals surface area contributed by atoms with Gasteiger partial charge in [-0.05, 0) is 0 Å². The Morgan fingerprint density at radius 2 is 1.60 bits per heavy atom. The Kier molecular flexibility index (Phi) is 8.19. The van der Waals surface area contributed by atoms with Gasteiger partial charge >= 0.3 is 80.7 Å².